The molecule has 106 valence electrons. The largest absolute Gasteiger partial charge is 0.496 e. The molecule has 0 unspecified atom stereocenters. The molecule has 0 aliphatic carbocycles. The number of aromatic nitrogens is 3. The van der Waals surface area contributed by atoms with Crippen molar-refractivity contribution in [1.82, 2.24) is 15.0 Å². The summed E-state index contributed by atoms with van der Waals surface area (Å²) < 4.78 is 10.6. The number of nitrogen functional groups attached to an aromatic ring is 1. The molecule has 7 nitrogen and oxygen atoms in total. The van der Waals surface area contributed by atoms with Crippen LogP contribution in [0.3, 0.4) is 0 Å². The second kappa shape index (κ2) is 6.92. The topological polar surface area (TPSA) is 95.2 Å². The Kier molecular flexibility index (Phi) is 4.97. The Morgan fingerprint density at radius 1 is 1.25 bits per heavy atom. The first-order valence-electron chi connectivity index (χ1n) is 5.93. The summed E-state index contributed by atoms with van der Waals surface area (Å²) >= 11 is 1.35. The first-order chi connectivity index (χ1) is 9.76. The first-order valence-corrected chi connectivity index (χ1v) is 6.74. The third-order valence-electron chi connectivity index (χ3n) is 2.27. The molecule has 2 rings (SSSR count). The molecule has 3 N–H and O–H groups in total. The number of hydrogen-bond acceptors (Lipinski definition) is 8. The Labute approximate surface area is 120 Å². The number of nitrogens with zero attached hydrogens (tertiary/aromatic N) is 3. The Bertz CT molecular complexity index is 582. The van der Waals surface area contributed by atoms with Crippen molar-refractivity contribution in [3.05, 3.63) is 24.3 Å². The minimum Gasteiger partial charge on any atom is -0.496 e. The van der Waals surface area contributed by atoms with Crippen molar-refractivity contribution in [2.45, 2.75) is 17.0 Å². The Morgan fingerprint density at radius 3 is 2.75 bits per heavy atom. The predicted octanol–water partition coefficient (Wildman–Crippen LogP) is 1.72. The third-order valence-corrected chi connectivity index (χ3v) is 3.19. The number of ether oxygens (including phenoxy) is 2. The first kappa shape index (κ1) is 14.4. The summed E-state index contributed by atoms with van der Waals surface area (Å²) in [6.07, 6.45) is 0. The molecule has 0 atom stereocenters. The van der Waals surface area contributed by atoms with E-state index in [0.29, 0.717) is 11.8 Å². The summed E-state index contributed by atoms with van der Waals surface area (Å²) in [5.41, 5.74) is 2.39. The summed E-state index contributed by atoms with van der Waals surface area (Å²) in [5, 5.41) is 0.473. The van der Waals surface area contributed by atoms with Crippen LogP contribution in [0.15, 0.2) is 34.3 Å². The van der Waals surface area contributed by atoms with Gasteiger partial charge in [-0.25, -0.2) is 5.84 Å². The van der Waals surface area contributed by atoms with Gasteiger partial charge in [0.2, 0.25) is 11.1 Å². The van der Waals surface area contributed by atoms with E-state index >= 15 is 0 Å². The van der Waals surface area contributed by atoms with Crippen molar-refractivity contribution >= 4 is 17.7 Å². The van der Waals surface area contributed by atoms with E-state index in [-0.39, 0.29) is 12.0 Å². The normalized spacial score (nSPS) is 10.2. The van der Waals surface area contributed by atoms with Crippen LogP contribution in [0, 0.1) is 0 Å². The van der Waals surface area contributed by atoms with E-state index in [1.165, 1.54) is 11.8 Å². The summed E-state index contributed by atoms with van der Waals surface area (Å²) in [4.78, 5) is 13.3. The van der Waals surface area contributed by atoms with E-state index in [1.54, 1.807) is 7.11 Å². The highest BCUT2D eigenvalue weighted by atomic mass is 32.2. The highest BCUT2D eigenvalue weighted by Crippen LogP contribution is 2.33. The highest BCUT2D eigenvalue weighted by Gasteiger charge is 2.10. The van der Waals surface area contributed by atoms with Crippen molar-refractivity contribution in [3.8, 4) is 11.8 Å². The Hall–Kier alpha value is -2.06. The minimum atomic E-state index is 0.229. The SMILES string of the molecule is CCOc1nc(NN)nc(Sc2ccccc2OC)n1. The van der Waals surface area contributed by atoms with Crippen molar-refractivity contribution in [2.24, 2.45) is 5.84 Å². The summed E-state index contributed by atoms with van der Waals surface area (Å²) in [6, 6.07) is 7.83. The molecule has 0 saturated heterocycles. The van der Waals surface area contributed by atoms with Gasteiger partial charge >= 0.3 is 6.01 Å². The molecule has 0 radical (unpaired) electrons. The molecule has 8 heteroatoms. The molecular weight excluding hydrogens is 278 g/mol. The fourth-order valence-electron chi connectivity index (χ4n) is 1.44. The van der Waals surface area contributed by atoms with Crippen LogP contribution in [0.25, 0.3) is 0 Å². The van der Waals surface area contributed by atoms with Crippen LogP contribution in [-0.4, -0.2) is 28.7 Å². The van der Waals surface area contributed by atoms with Gasteiger partial charge in [-0.15, -0.1) is 0 Å². The van der Waals surface area contributed by atoms with Crippen molar-refractivity contribution < 1.29 is 9.47 Å². The smallest absolute Gasteiger partial charge is 0.322 e. The number of nitrogens with one attached hydrogen (secondary N) is 1. The lowest BCUT2D eigenvalue weighted by Gasteiger charge is -2.08. The standard InChI is InChI=1S/C12H15N5O2S/c1-3-19-11-14-10(17-13)15-12(16-11)20-9-7-5-4-6-8(9)18-2/h4-7H,3,13H2,1-2H3,(H,14,15,16,17). The molecule has 20 heavy (non-hydrogen) atoms. The molecule has 0 bridgehead atoms. The van der Waals surface area contributed by atoms with Crippen LogP contribution in [0.2, 0.25) is 0 Å². The summed E-state index contributed by atoms with van der Waals surface area (Å²) in [6.45, 7) is 2.32. The van der Waals surface area contributed by atoms with Crippen LogP contribution < -0.4 is 20.7 Å². The van der Waals surface area contributed by atoms with Crippen LogP contribution in [0.5, 0.6) is 11.8 Å². The average Bonchev–Trinajstić information content (AvgIpc) is 2.48. The molecule has 2 aromatic rings. The van der Waals surface area contributed by atoms with Gasteiger partial charge in [-0.2, -0.15) is 15.0 Å². The van der Waals surface area contributed by atoms with E-state index in [4.69, 9.17) is 15.3 Å². The van der Waals surface area contributed by atoms with Gasteiger partial charge in [0.05, 0.1) is 18.6 Å². The van der Waals surface area contributed by atoms with E-state index in [2.05, 4.69) is 20.4 Å². The van der Waals surface area contributed by atoms with E-state index in [9.17, 15) is 0 Å². The zero-order chi connectivity index (χ0) is 14.4. The van der Waals surface area contributed by atoms with Gasteiger partial charge in [0, 0.05) is 0 Å². The van der Waals surface area contributed by atoms with Crippen molar-refractivity contribution in [2.75, 3.05) is 19.1 Å². The predicted molar refractivity (Wildman–Crippen MR) is 75.9 cm³/mol. The van der Waals surface area contributed by atoms with Crippen molar-refractivity contribution in [1.29, 1.82) is 0 Å². The Morgan fingerprint density at radius 2 is 2.05 bits per heavy atom. The highest BCUT2D eigenvalue weighted by molar-refractivity contribution is 7.99. The number of anilines is 1. The van der Waals surface area contributed by atoms with Gasteiger partial charge < -0.3 is 9.47 Å². The molecule has 1 heterocycles. The van der Waals surface area contributed by atoms with Gasteiger partial charge in [0.15, 0.2) is 0 Å². The second-order valence-corrected chi connectivity index (χ2v) is 4.56. The molecule has 0 aliphatic rings. The van der Waals surface area contributed by atoms with Crippen LogP contribution in [-0.2, 0) is 0 Å². The second-order valence-electron chi connectivity index (χ2n) is 3.55. The summed E-state index contributed by atoms with van der Waals surface area (Å²) in [5.74, 6) is 6.34. The zero-order valence-electron chi connectivity index (χ0n) is 11.2. The number of para-hydroxylation sites is 1. The maximum atomic E-state index is 5.34. The van der Waals surface area contributed by atoms with Crippen LogP contribution in [0.1, 0.15) is 6.92 Å². The van der Waals surface area contributed by atoms with E-state index in [1.807, 2.05) is 31.2 Å². The number of benzene rings is 1. The fraction of sp³-hybridized carbons (Fsp3) is 0.250. The quantitative estimate of drug-likeness (QED) is 0.614. The average molecular weight is 293 g/mol. The number of methoxy groups -OCH3 is 1. The number of hydrazine groups is 1. The monoisotopic (exact) mass is 293 g/mol. The minimum absolute atomic E-state index is 0.229. The number of rotatable bonds is 6. The molecule has 0 amide bonds. The van der Waals surface area contributed by atoms with Crippen LogP contribution >= 0.6 is 11.8 Å². The lowest BCUT2D eigenvalue weighted by molar-refractivity contribution is 0.308. The van der Waals surface area contributed by atoms with Gasteiger partial charge in [-0.1, -0.05) is 12.1 Å². The molecule has 0 spiro atoms. The number of nitrogens with two attached hydrogens (primary N) is 1. The molecule has 1 aromatic carbocycles. The van der Waals surface area contributed by atoms with E-state index < -0.39 is 0 Å². The van der Waals surface area contributed by atoms with Crippen LogP contribution in [0.4, 0.5) is 5.95 Å². The zero-order valence-corrected chi connectivity index (χ0v) is 12.0. The molecule has 1 aromatic heterocycles. The molecule has 0 aliphatic heterocycles. The van der Waals surface area contributed by atoms with Gasteiger partial charge in [-0.3, -0.25) is 5.43 Å². The summed E-state index contributed by atoms with van der Waals surface area (Å²) in [7, 11) is 1.62. The third kappa shape index (κ3) is 3.49. The van der Waals surface area contributed by atoms with Crippen molar-refractivity contribution in [3.63, 3.8) is 0 Å². The molecular formula is C12H15N5O2S. The lowest BCUT2D eigenvalue weighted by Crippen LogP contribution is -2.12. The molecule has 0 fully saturated rings. The fourth-order valence-corrected chi connectivity index (χ4v) is 2.29. The van der Waals surface area contributed by atoms with Gasteiger partial charge in [0.1, 0.15) is 5.75 Å². The number of hydrogen-bond donors (Lipinski definition) is 2. The van der Waals surface area contributed by atoms with Gasteiger partial charge in [0.25, 0.3) is 0 Å². The maximum absolute atomic E-state index is 5.34. The lowest BCUT2D eigenvalue weighted by atomic mass is 10.3. The van der Waals surface area contributed by atoms with E-state index in [0.717, 1.165) is 10.6 Å². The maximum Gasteiger partial charge on any atom is 0.322 e. The Balaban J connectivity index is 2.30. The van der Waals surface area contributed by atoms with Gasteiger partial charge in [-0.05, 0) is 30.8 Å². The molecule has 0 saturated carbocycles.